The van der Waals surface area contributed by atoms with Crippen molar-refractivity contribution >= 4 is 0 Å². The highest BCUT2D eigenvalue weighted by Crippen LogP contribution is 2.24. The molecule has 100 valence electrons. The summed E-state index contributed by atoms with van der Waals surface area (Å²) < 4.78 is 0. The minimum absolute atomic E-state index is 0.808. The van der Waals surface area contributed by atoms with Crippen LogP contribution in [0.5, 0.6) is 0 Å². The Hall–Kier alpha value is -0.860. The number of nitrogens with zero attached hydrogens (tertiary/aromatic N) is 1. The molecule has 1 aliphatic carbocycles. The van der Waals surface area contributed by atoms with Crippen LogP contribution in [0.4, 0.5) is 0 Å². The molecule has 1 fully saturated rings. The monoisotopic (exact) mass is 246 g/mol. The maximum Gasteiger partial charge on any atom is 0.0236 e. The van der Waals surface area contributed by atoms with Crippen LogP contribution in [0.1, 0.15) is 36.8 Å². The van der Waals surface area contributed by atoms with Crippen molar-refractivity contribution in [2.75, 3.05) is 20.6 Å². The van der Waals surface area contributed by atoms with Crippen molar-refractivity contribution in [3.8, 4) is 0 Å². The van der Waals surface area contributed by atoms with E-state index >= 15 is 0 Å². The Morgan fingerprint density at radius 2 is 1.83 bits per heavy atom. The number of likely N-dealkylation sites (N-methyl/N-ethyl adjacent to an activating group) is 1. The second-order valence-corrected chi connectivity index (χ2v) is 5.48. The second-order valence-electron chi connectivity index (χ2n) is 5.48. The standard InChI is InChI=1S/C16H26N2/c1-17-12-11-14-7-3-4-8-15(14)13-18(2)16-9-5-6-10-16/h3-4,7-8,16-17H,5-6,9-13H2,1-2H3. The maximum absolute atomic E-state index is 3.24. The molecule has 2 heteroatoms. The third-order valence-corrected chi connectivity index (χ3v) is 4.13. The molecule has 1 aliphatic rings. The normalized spacial score (nSPS) is 16.6. The van der Waals surface area contributed by atoms with Gasteiger partial charge in [-0.3, -0.25) is 4.90 Å². The van der Waals surface area contributed by atoms with Crippen molar-refractivity contribution in [1.82, 2.24) is 10.2 Å². The van der Waals surface area contributed by atoms with Gasteiger partial charge in [0.15, 0.2) is 0 Å². The van der Waals surface area contributed by atoms with Gasteiger partial charge in [-0.25, -0.2) is 0 Å². The van der Waals surface area contributed by atoms with Crippen LogP contribution in [0.25, 0.3) is 0 Å². The molecule has 1 saturated carbocycles. The minimum atomic E-state index is 0.808. The number of hydrogen-bond donors (Lipinski definition) is 1. The zero-order valence-corrected chi connectivity index (χ0v) is 11.8. The Kier molecular flexibility index (Phi) is 5.21. The molecular weight excluding hydrogens is 220 g/mol. The molecule has 1 aromatic rings. The maximum atomic E-state index is 3.24. The lowest BCUT2D eigenvalue weighted by Crippen LogP contribution is -2.29. The number of benzene rings is 1. The van der Waals surface area contributed by atoms with Crippen molar-refractivity contribution in [2.24, 2.45) is 0 Å². The van der Waals surface area contributed by atoms with E-state index in [1.54, 1.807) is 0 Å². The van der Waals surface area contributed by atoms with Crippen molar-refractivity contribution in [3.63, 3.8) is 0 Å². The topological polar surface area (TPSA) is 15.3 Å². The number of rotatable bonds is 6. The smallest absolute Gasteiger partial charge is 0.0236 e. The molecule has 0 saturated heterocycles. The molecule has 18 heavy (non-hydrogen) atoms. The average molecular weight is 246 g/mol. The summed E-state index contributed by atoms with van der Waals surface area (Å²) in [5, 5.41) is 3.24. The summed E-state index contributed by atoms with van der Waals surface area (Å²) in [6.07, 6.45) is 6.72. The Morgan fingerprint density at radius 3 is 2.50 bits per heavy atom. The molecule has 2 rings (SSSR count). The van der Waals surface area contributed by atoms with Gasteiger partial charge in [-0.15, -0.1) is 0 Å². The molecule has 0 radical (unpaired) electrons. The highest BCUT2D eigenvalue weighted by Gasteiger charge is 2.19. The lowest BCUT2D eigenvalue weighted by atomic mass is 10.0. The van der Waals surface area contributed by atoms with Crippen LogP contribution < -0.4 is 5.32 Å². The van der Waals surface area contributed by atoms with E-state index in [1.165, 1.54) is 36.8 Å². The van der Waals surface area contributed by atoms with E-state index in [4.69, 9.17) is 0 Å². The SMILES string of the molecule is CNCCc1ccccc1CN(C)C1CCCC1. The molecule has 2 nitrogen and oxygen atoms in total. The van der Waals surface area contributed by atoms with Crippen LogP contribution >= 0.6 is 0 Å². The van der Waals surface area contributed by atoms with Crippen LogP contribution in [0.15, 0.2) is 24.3 Å². The molecular formula is C16H26N2. The van der Waals surface area contributed by atoms with Crippen molar-refractivity contribution in [2.45, 2.75) is 44.7 Å². The van der Waals surface area contributed by atoms with Crippen molar-refractivity contribution < 1.29 is 0 Å². The molecule has 0 heterocycles. The van der Waals surface area contributed by atoms with Gasteiger partial charge < -0.3 is 5.32 Å². The summed E-state index contributed by atoms with van der Waals surface area (Å²) in [6, 6.07) is 9.69. The minimum Gasteiger partial charge on any atom is -0.319 e. The quantitative estimate of drug-likeness (QED) is 0.830. The predicted octanol–water partition coefficient (Wildman–Crippen LogP) is 2.82. The molecule has 0 amide bonds. The van der Waals surface area contributed by atoms with Crippen LogP contribution in [0, 0.1) is 0 Å². The summed E-state index contributed by atoms with van der Waals surface area (Å²) in [4.78, 5) is 2.55. The molecule has 0 aromatic heterocycles. The average Bonchev–Trinajstić information content (AvgIpc) is 2.91. The Labute approximate surface area is 111 Å². The first-order valence-corrected chi connectivity index (χ1v) is 7.23. The van der Waals surface area contributed by atoms with Gasteiger partial charge in [-0.1, -0.05) is 37.1 Å². The fourth-order valence-electron chi connectivity index (χ4n) is 2.96. The highest BCUT2D eigenvalue weighted by atomic mass is 15.1. The number of nitrogens with one attached hydrogen (secondary N) is 1. The summed E-state index contributed by atoms with van der Waals surface area (Å²) in [7, 11) is 4.30. The zero-order valence-electron chi connectivity index (χ0n) is 11.8. The molecule has 0 bridgehead atoms. The van der Waals surface area contributed by atoms with Gasteiger partial charge >= 0.3 is 0 Å². The second kappa shape index (κ2) is 6.91. The van der Waals surface area contributed by atoms with Crippen LogP contribution in [0.2, 0.25) is 0 Å². The van der Waals surface area contributed by atoms with E-state index in [9.17, 15) is 0 Å². The molecule has 0 unspecified atom stereocenters. The molecule has 0 aliphatic heterocycles. The third kappa shape index (κ3) is 3.56. The Bertz CT molecular complexity index is 356. The van der Waals surface area contributed by atoms with E-state index in [-0.39, 0.29) is 0 Å². The molecule has 1 N–H and O–H groups in total. The first kappa shape index (κ1) is 13.6. The molecule has 0 spiro atoms. The molecule has 0 atom stereocenters. The van der Waals surface area contributed by atoms with Gasteiger partial charge in [0.05, 0.1) is 0 Å². The van der Waals surface area contributed by atoms with Crippen LogP contribution in [-0.4, -0.2) is 31.6 Å². The van der Waals surface area contributed by atoms with Crippen LogP contribution in [0.3, 0.4) is 0 Å². The first-order chi connectivity index (χ1) is 8.81. The van der Waals surface area contributed by atoms with E-state index < -0.39 is 0 Å². The van der Waals surface area contributed by atoms with E-state index in [0.717, 1.165) is 25.6 Å². The van der Waals surface area contributed by atoms with Gasteiger partial charge in [0.2, 0.25) is 0 Å². The Morgan fingerprint density at radius 1 is 1.17 bits per heavy atom. The lowest BCUT2D eigenvalue weighted by Gasteiger charge is -2.25. The van der Waals surface area contributed by atoms with E-state index in [2.05, 4.69) is 41.5 Å². The lowest BCUT2D eigenvalue weighted by molar-refractivity contribution is 0.237. The highest BCUT2D eigenvalue weighted by molar-refractivity contribution is 5.27. The summed E-state index contributed by atoms with van der Waals surface area (Å²) in [6.45, 7) is 2.16. The van der Waals surface area contributed by atoms with E-state index in [1.807, 2.05) is 7.05 Å². The summed E-state index contributed by atoms with van der Waals surface area (Å²) in [5.41, 5.74) is 3.00. The number of hydrogen-bond acceptors (Lipinski definition) is 2. The third-order valence-electron chi connectivity index (χ3n) is 4.13. The van der Waals surface area contributed by atoms with E-state index in [0.29, 0.717) is 0 Å². The van der Waals surface area contributed by atoms with Crippen molar-refractivity contribution in [1.29, 1.82) is 0 Å². The predicted molar refractivity (Wildman–Crippen MR) is 77.8 cm³/mol. The van der Waals surface area contributed by atoms with Gasteiger partial charge in [-0.2, -0.15) is 0 Å². The zero-order chi connectivity index (χ0) is 12.8. The summed E-state index contributed by atoms with van der Waals surface area (Å²) >= 11 is 0. The fourth-order valence-corrected chi connectivity index (χ4v) is 2.96. The largest absolute Gasteiger partial charge is 0.319 e. The van der Waals surface area contributed by atoms with Gasteiger partial charge in [0.1, 0.15) is 0 Å². The molecule has 1 aromatic carbocycles. The Balaban J connectivity index is 1.98. The van der Waals surface area contributed by atoms with Gasteiger partial charge in [0, 0.05) is 12.6 Å². The fraction of sp³-hybridized carbons (Fsp3) is 0.625. The first-order valence-electron chi connectivity index (χ1n) is 7.23. The summed E-state index contributed by atoms with van der Waals surface area (Å²) in [5.74, 6) is 0. The van der Waals surface area contributed by atoms with Crippen molar-refractivity contribution in [3.05, 3.63) is 35.4 Å². The van der Waals surface area contributed by atoms with Gasteiger partial charge in [0.25, 0.3) is 0 Å². The van der Waals surface area contributed by atoms with Crippen LogP contribution in [-0.2, 0) is 13.0 Å². The van der Waals surface area contributed by atoms with Gasteiger partial charge in [-0.05, 0) is 51.0 Å².